The van der Waals surface area contributed by atoms with E-state index in [0.717, 1.165) is 12.8 Å². The van der Waals surface area contributed by atoms with Gasteiger partial charge in [-0.3, -0.25) is 5.84 Å². The van der Waals surface area contributed by atoms with E-state index in [0.29, 0.717) is 12.3 Å². The fourth-order valence-corrected chi connectivity index (χ4v) is 3.19. The number of hydrogen-bond acceptors (Lipinski definition) is 5. The molecule has 0 radical (unpaired) electrons. The lowest BCUT2D eigenvalue weighted by Gasteiger charge is -2.23. The van der Waals surface area contributed by atoms with Crippen molar-refractivity contribution in [2.75, 3.05) is 18.6 Å². The standard InChI is InChI=1S/C12H19N3O3S/c1-12(7-2-8-18-12)9-14-19(16,17)11-5-3-10(15-13)4-6-11/h3-6,14-15H,2,7-9,13H2,1H3. The maximum Gasteiger partial charge on any atom is 0.240 e. The molecule has 1 fully saturated rings. The molecule has 0 spiro atoms. The third-order valence-corrected chi connectivity index (χ3v) is 4.69. The Labute approximate surface area is 113 Å². The number of hydrogen-bond donors (Lipinski definition) is 3. The SMILES string of the molecule is CC1(CNS(=O)(=O)c2ccc(NN)cc2)CCCO1. The number of anilines is 1. The van der Waals surface area contributed by atoms with Gasteiger partial charge < -0.3 is 10.2 Å². The molecule has 106 valence electrons. The summed E-state index contributed by atoms with van der Waals surface area (Å²) in [5.74, 6) is 5.24. The summed E-state index contributed by atoms with van der Waals surface area (Å²) in [7, 11) is -3.51. The molecular weight excluding hydrogens is 266 g/mol. The van der Waals surface area contributed by atoms with Gasteiger partial charge in [0.15, 0.2) is 0 Å². The Morgan fingerprint density at radius 1 is 1.37 bits per heavy atom. The van der Waals surface area contributed by atoms with Gasteiger partial charge in [0.1, 0.15) is 0 Å². The monoisotopic (exact) mass is 285 g/mol. The summed E-state index contributed by atoms with van der Waals surface area (Å²) >= 11 is 0. The van der Waals surface area contributed by atoms with Crippen molar-refractivity contribution in [3.63, 3.8) is 0 Å². The quantitative estimate of drug-likeness (QED) is 0.550. The zero-order valence-corrected chi connectivity index (χ0v) is 11.7. The van der Waals surface area contributed by atoms with Gasteiger partial charge in [-0.25, -0.2) is 13.1 Å². The first kappa shape index (κ1) is 14.3. The summed E-state index contributed by atoms with van der Waals surface area (Å²) in [6.07, 6.45) is 1.83. The van der Waals surface area contributed by atoms with Crippen LogP contribution in [0.2, 0.25) is 0 Å². The van der Waals surface area contributed by atoms with Crippen molar-refractivity contribution in [2.24, 2.45) is 5.84 Å². The molecule has 0 aliphatic carbocycles. The lowest BCUT2D eigenvalue weighted by atomic mass is 10.0. The van der Waals surface area contributed by atoms with Gasteiger partial charge in [0, 0.05) is 18.8 Å². The Bertz CT molecular complexity index is 522. The van der Waals surface area contributed by atoms with Crippen molar-refractivity contribution in [1.29, 1.82) is 0 Å². The van der Waals surface area contributed by atoms with Crippen LogP contribution >= 0.6 is 0 Å². The maximum atomic E-state index is 12.1. The van der Waals surface area contributed by atoms with Crippen molar-refractivity contribution < 1.29 is 13.2 Å². The lowest BCUT2D eigenvalue weighted by Crippen LogP contribution is -2.40. The van der Waals surface area contributed by atoms with Gasteiger partial charge in [-0.15, -0.1) is 0 Å². The minimum Gasteiger partial charge on any atom is -0.374 e. The van der Waals surface area contributed by atoms with E-state index in [-0.39, 0.29) is 11.4 Å². The zero-order valence-electron chi connectivity index (χ0n) is 10.8. The molecule has 0 aromatic heterocycles. The lowest BCUT2D eigenvalue weighted by molar-refractivity contribution is 0.0250. The third kappa shape index (κ3) is 3.44. The smallest absolute Gasteiger partial charge is 0.240 e. The van der Waals surface area contributed by atoms with Gasteiger partial charge in [-0.2, -0.15) is 0 Å². The molecule has 1 heterocycles. The second-order valence-electron chi connectivity index (χ2n) is 4.90. The Hall–Kier alpha value is -1.15. The first-order chi connectivity index (χ1) is 8.95. The van der Waals surface area contributed by atoms with Crippen LogP contribution in [-0.4, -0.2) is 27.2 Å². The van der Waals surface area contributed by atoms with Crippen LogP contribution in [-0.2, 0) is 14.8 Å². The molecule has 2 rings (SSSR count). The summed E-state index contributed by atoms with van der Waals surface area (Å²) < 4.78 is 32.4. The van der Waals surface area contributed by atoms with Crippen molar-refractivity contribution in [3.05, 3.63) is 24.3 Å². The molecule has 1 unspecified atom stereocenters. The number of benzene rings is 1. The van der Waals surface area contributed by atoms with Crippen LogP contribution in [0.1, 0.15) is 19.8 Å². The molecule has 4 N–H and O–H groups in total. The van der Waals surface area contributed by atoms with Crippen LogP contribution in [0.4, 0.5) is 5.69 Å². The van der Waals surface area contributed by atoms with E-state index in [9.17, 15) is 8.42 Å². The van der Waals surface area contributed by atoms with Crippen molar-refractivity contribution in [1.82, 2.24) is 4.72 Å². The fraction of sp³-hybridized carbons (Fsp3) is 0.500. The van der Waals surface area contributed by atoms with Crippen LogP contribution < -0.4 is 16.0 Å². The fourth-order valence-electron chi connectivity index (χ4n) is 2.04. The van der Waals surface area contributed by atoms with Crippen LogP contribution in [0.15, 0.2) is 29.2 Å². The van der Waals surface area contributed by atoms with E-state index < -0.39 is 15.6 Å². The highest BCUT2D eigenvalue weighted by atomic mass is 32.2. The number of ether oxygens (including phenoxy) is 1. The molecule has 1 saturated heterocycles. The highest BCUT2D eigenvalue weighted by Gasteiger charge is 2.31. The van der Waals surface area contributed by atoms with E-state index in [1.54, 1.807) is 12.1 Å². The molecule has 0 bridgehead atoms. The van der Waals surface area contributed by atoms with Gasteiger partial charge in [-0.1, -0.05) is 0 Å². The molecule has 1 aliphatic rings. The number of rotatable bonds is 5. The minimum absolute atomic E-state index is 0.216. The molecule has 1 aromatic rings. The van der Waals surface area contributed by atoms with Crippen LogP contribution in [0.5, 0.6) is 0 Å². The predicted octanol–water partition coefficient (Wildman–Crippen LogP) is 0.820. The van der Waals surface area contributed by atoms with Gasteiger partial charge >= 0.3 is 0 Å². The molecule has 7 heteroatoms. The van der Waals surface area contributed by atoms with Crippen molar-refractivity contribution >= 4 is 15.7 Å². The van der Waals surface area contributed by atoms with Crippen LogP contribution in [0.25, 0.3) is 0 Å². The van der Waals surface area contributed by atoms with Gasteiger partial charge in [0.2, 0.25) is 10.0 Å². The molecule has 1 aliphatic heterocycles. The highest BCUT2D eigenvalue weighted by Crippen LogP contribution is 2.24. The second kappa shape index (κ2) is 5.46. The minimum atomic E-state index is -3.51. The molecule has 1 atom stereocenters. The van der Waals surface area contributed by atoms with Crippen molar-refractivity contribution in [3.8, 4) is 0 Å². The first-order valence-electron chi connectivity index (χ1n) is 6.16. The molecule has 0 amide bonds. The largest absolute Gasteiger partial charge is 0.374 e. The Kier molecular flexibility index (Phi) is 4.10. The molecular formula is C12H19N3O3S. The summed E-state index contributed by atoms with van der Waals surface area (Å²) in [5.41, 5.74) is 2.71. The number of sulfonamides is 1. The number of nitrogens with one attached hydrogen (secondary N) is 2. The highest BCUT2D eigenvalue weighted by molar-refractivity contribution is 7.89. The summed E-state index contributed by atoms with van der Waals surface area (Å²) in [5, 5.41) is 0. The molecule has 0 saturated carbocycles. The van der Waals surface area contributed by atoms with E-state index in [1.807, 2.05) is 6.92 Å². The average Bonchev–Trinajstić information content (AvgIpc) is 2.84. The molecule has 6 nitrogen and oxygen atoms in total. The van der Waals surface area contributed by atoms with E-state index in [1.165, 1.54) is 12.1 Å². The second-order valence-corrected chi connectivity index (χ2v) is 6.66. The maximum absolute atomic E-state index is 12.1. The number of nitrogen functional groups attached to an aromatic ring is 1. The zero-order chi connectivity index (χ0) is 13.9. The van der Waals surface area contributed by atoms with Gasteiger partial charge in [0.25, 0.3) is 0 Å². The Morgan fingerprint density at radius 3 is 2.58 bits per heavy atom. The average molecular weight is 285 g/mol. The summed E-state index contributed by atoms with van der Waals surface area (Å²) in [4.78, 5) is 0.216. The molecule has 19 heavy (non-hydrogen) atoms. The first-order valence-corrected chi connectivity index (χ1v) is 7.64. The summed E-state index contributed by atoms with van der Waals surface area (Å²) in [6, 6.07) is 6.25. The van der Waals surface area contributed by atoms with Crippen LogP contribution in [0, 0.1) is 0 Å². The van der Waals surface area contributed by atoms with E-state index in [4.69, 9.17) is 10.6 Å². The van der Waals surface area contributed by atoms with E-state index in [2.05, 4.69) is 10.1 Å². The Balaban J connectivity index is 2.05. The van der Waals surface area contributed by atoms with Gasteiger partial charge in [0.05, 0.1) is 10.5 Å². The number of hydrazine groups is 1. The van der Waals surface area contributed by atoms with Gasteiger partial charge in [-0.05, 0) is 44.0 Å². The number of nitrogens with two attached hydrogens (primary N) is 1. The van der Waals surface area contributed by atoms with Crippen LogP contribution in [0.3, 0.4) is 0 Å². The predicted molar refractivity (Wildman–Crippen MR) is 73.0 cm³/mol. The molecule has 1 aromatic carbocycles. The summed E-state index contributed by atoms with van der Waals surface area (Å²) in [6.45, 7) is 2.89. The Morgan fingerprint density at radius 2 is 2.05 bits per heavy atom. The third-order valence-electron chi connectivity index (χ3n) is 3.27. The topological polar surface area (TPSA) is 93.5 Å². The van der Waals surface area contributed by atoms with E-state index >= 15 is 0 Å². The van der Waals surface area contributed by atoms with Crippen molar-refractivity contribution in [2.45, 2.75) is 30.3 Å². The normalized spacial score (nSPS) is 23.5.